The van der Waals surface area contributed by atoms with Crippen molar-refractivity contribution in [2.75, 3.05) is 24.2 Å². The summed E-state index contributed by atoms with van der Waals surface area (Å²) in [5, 5.41) is 12.9. The first-order valence-corrected chi connectivity index (χ1v) is 12.0. The van der Waals surface area contributed by atoms with Gasteiger partial charge in [0.15, 0.2) is 9.84 Å². The van der Waals surface area contributed by atoms with Gasteiger partial charge in [0.05, 0.1) is 4.92 Å². The Morgan fingerprint density at radius 3 is 2.50 bits per heavy atom. The van der Waals surface area contributed by atoms with Gasteiger partial charge in [-0.25, -0.2) is 8.42 Å². The fourth-order valence-corrected chi connectivity index (χ4v) is 5.41. The molecule has 1 aliphatic heterocycles. The number of aromatic nitrogens is 1. The van der Waals surface area contributed by atoms with Gasteiger partial charge < -0.3 is 9.88 Å². The minimum atomic E-state index is -3.69. The van der Waals surface area contributed by atoms with Crippen LogP contribution in [0.15, 0.2) is 47.5 Å². The van der Waals surface area contributed by atoms with E-state index >= 15 is 0 Å². The topological polar surface area (TPSA) is 96.3 Å². The molecule has 4 rings (SSSR count). The Hall–Kier alpha value is -2.87. The first kappa shape index (κ1) is 20.4. The van der Waals surface area contributed by atoms with E-state index in [0.717, 1.165) is 25.5 Å². The molecule has 7 nitrogen and oxygen atoms in total. The smallest absolute Gasteiger partial charge is 0.311 e. The van der Waals surface area contributed by atoms with Crippen molar-refractivity contribution < 1.29 is 13.3 Å². The maximum atomic E-state index is 12.1. The van der Waals surface area contributed by atoms with Crippen molar-refractivity contribution >= 4 is 32.1 Å². The van der Waals surface area contributed by atoms with Crippen molar-refractivity contribution in [1.82, 2.24) is 4.98 Å². The van der Waals surface area contributed by atoms with Crippen molar-refractivity contribution in [3.63, 3.8) is 0 Å². The molecule has 3 aromatic rings. The molecule has 2 aromatic carbocycles. The Balaban J connectivity index is 1.61. The first-order valence-electron chi connectivity index (χ1n) is 10.1. The summed E-state index contributed by atoms with van der Waals surface area (Å²) in [5.74, 6) is 0.360. The Bertz CT molecular complexity index is 1210. The number of anilines is 1. The quantitative estimate of drug-likeness (QED) is 0.480. The van der Waals surface area contributed by atoms with Gasteiger partial charge in [0.25, 0.3) is 0 Å². The van der Waals surface area contributed by atoms with Crippen LogP contribution in [0.3, 0.4) is 0 Å². The molecule has 0 aliphatic carbocycles. The number of hydrogen-bond acceptors (Lipinski definition) is 5. The van der Waals surface area contributed by atoms with E-state index in [1.54, 1.807) is 12.1 Å². The second kappa shape index (κ2) is 7.75. The van der Waals surface area contributed by atoms with E-state index in [1.165, 1.54) is 28.1 Å². The van der Waals surface area contributed by atoms with Gasteiger partial charge in [0.2, 0.25) is 0 Å². The zero-order chi connectivity index (χ0) is 21.5. The summed E-state index contributed by atoms with van der Waals surface area (Å²) >= 11 is 0. The molecule has 158 valence electrons. The summed E-state index contributed by atoms with van der Waals surface area (Å²) in [7, 11) is -3.69. The fraction of sp³-hybridized carbons (Fsp3) is 0.364. The average molecular weight is 428 g/mol. The van der Waals surface area contributed by atoms with Crippen LogP contribution < -0.4 is 4.90 Å². The minimum Gasteiger partial charge on any atom is -0.366 e. The van der Waals surface area contributed by atoms with Crippen LogP contribution in [0.2, 0.25) is 0 Å². The van der Waals surface area contributed by atoms with Crippen LogP contribution in [0.1, 0.15) is 36.8 Å². The van der Waals surface area contributed by atoms with Gasteiger partial charge in [-0.05, 0) is 48.4 Å². The Morgan fingerprint density at radius 1 is 1.17 bits per heavy atom. The van der Waals surface area contributed by atoms with Gasteiger partial charge in [-0.3, -0.25) is 10.1 Å². The Kier molecular flexibility index (Phi) is 5.27. The number of nitro benzene ring substituents is 1. The predicted octanol–water partition coefficient (Wildman–Crippen LogP) is 4.43. The molecular weight excluding hydrogens is 402 g/mol. The second-order valence-corrected chi connectivity index (χ2v) is 9.84. The van der Waals surface area contributed by atoms with Crippen LogP contribution in [0.25, 0.3) is 10.9 Å². The Morgan fingerprint density at radius 2 is 1.87 bits per heavy atom. The zero-order valence-electron chi connectivity index (χ0n) is 17.1. The summed E-state index contributed by atoms with van der Waals surface area (Å²) in [5.41, 5.74) is 3.84. The molecule has 2 heterocycles. The van der Waals surface area contributed by atoms with Crippen LogP contribution in [0, 0.1) is 10.1 Å². The van der Waals surface area contributed by atoms with E-state index in [1.807, 2.05) is 4.90 Å². The SMILES string of the molecule is CCc1cccc2c(C3CCN(c4cccc(S(C)(=O)=O)c4[N+](=O)[O-])CC3)c[nH]c12. The molecule has 0 radical (unpaired) electrons. The third kappa shape index (κ3) is 3.56. The molecular formula is C22H25N3O4S. The van der Waals surface area contributed by atoms with Crippen molar-refractivity contribution in [3.05, 3.63) is 63.8 Å². The standard InChI is InChI=1S/C22H25N3O4S/c1-3-15-6-4-7-17-18(14-23-21(15)17)16-10-12-24(13-11-16)19-8-5-9-20(30(2,28)29)22(19)25(26)27/h4-9,14,16,23H,3,10-13H2,1-2H3. The van der Waals surface area contributed by atoms with Gasteiger partial charge in [0.1, 0.15) is 10.6 Å². The number of nitrogens with zero attached hydrogens (tertiary/aromatic N) is 2. The van der Waals surface area contributed by atoms with E-state index in [4.69, 9.17) is 0 Å². The molecule has 0 unspecified atom stereocenters. The highest BCUT2D eigenvalue weighted by atomic mass is 32.2. The normalized spacial score (nSPS) is 15.6. The number of aryl methyl sites for hydroxylation is 1. The number of hydrogen-bond donors (Lipinski definition) is 1. The van der Waals surface area contributed by atoms with E-state index in [9.17, 15) is 18.5 Å². The number of para-hydroxylation sites is 2. The average Bonchev–Trinajstić information content (AvgIpc) is 3.17. The fourth-order valence-electron chi connectivity index (χ4n) is 4.55. The molecule has 1 aliphatic rings. The largest absolute Gasteiger partial charge is 0.366 e. The third-order valence-corrected chi connectivity index (χ3v) is 7.18. The van der Waals surface area contributed by atoms with E-state index in [0.29, 0.717) is 24.7 Å². The number of piperidine rings is 1. The highest BCUT2D eigenvalue weighted by Gasteiger charge is 2.31. The van der Waals surface area contributed by atoms with Crippen molar-refractivity contribution in [2.45, 2.75) is 37.0 Å². The molecule has 1 aromatic heterocycles. The van der Waals surface area contributed by atoms with Gasteiger partial charge in [-0.2, -0.15) is 0 Å². The highest BCUT2D eigenvalue weighted by molar-refractivity contribution is 7.90. The number of nitrogens with one attached hydrogen (secondary N) is 1. The van der Waals surface area contributed by atoms with Gasteiger partial charge in [0, 0.05) is 36.4 Å². The maximum Gasteiger partial charge on any atom is 0.311 e. The van der Waals surface area contributed by atoms with Crippen LogP contribution in [-0.4, -0.2) is 37.7 Å². The lowest BCUT2D eigenvalue weighted by Crippen LogP contribution is -2.33. The molecule has 0 saturated carbocycles. The molecule has 8 heteroatoms. The van der Waals surface area contributed by atoms with Crippen LogP contribution in [0.5, 0.6) is 0 Å². The molecule has 0 amide bonds. The number of benzene rings is 2. The molecule has 0 bridgehead atoms. The first-order chi connectivity index (χ1) is 14.3. The molecule has 1 saturated heterocycles. The summed E-state index contributed by atoms with van der Waals surface area (Å²) in [6.45, 7) is 3.42. The zero-order valence-corrected chi connectivity index (χ0v) is 17.9. The second-order valence-electron chi connectivity index (χ2n) is 7.85. The van der Waals surface area contributed by atoms with Gasteiger partial charge in [-0.15, -0.1) is 0 Å². The van der Waals surface area contributed by atoms with Gasteiger partial charge >= 0.3 is 5.69 Å². The lowest BCUT2D eigenvalue weighted by Gasteiger charge is -2.33. The molecule has 1 fully saturated rings. The monoisotopic (exact) mass is 427 g/mol. The number of rotatable bonds is 5. The van der Waals surface area contributed by atoms with Crippen LogP contribution in [-0.2, 0) is 16.3 Å². The molecule has 30 heavy (non-hydrogen) atoms. The highest BCUT2D eigenvalue weighted by Crippen LogP contribution is 2.39. The summed E-state index contributed by atoms with van der Waals surface area (Å²) < 4.78 is 24.1. The summed E-state index contributed by atoms with van der Waals surface area (Å²) in [4.78, 5) is 16.3. The molecule has 0 atom stereocenters. The van der Waals surface area contributed by atoms with Crippen molar-refractivity contribution in [1.29, 1.82) is 0 Å². The maximum absolute atomic E-state index is 12.1. The summed E-state index contributed by atoms with van der Waals surface area (Å²) in [6.07, 6.45) is 5.77. The number of fused-ring (bicyclic) bond motifs is 1. The van der Waals surface area contributed by atoms with Crippen molar-refractivity contribution in [2.24, 2.45) is 0 Å². The van der Waals surface area contributed by atoms with E-state index in [2.05, 4.69) is 36.3 Å². The number of nitro groups is 1. The third-order valence-electron chi connectivity index (χ3n) is 6.05. The van der Waals surface area contributed by atoms with Crippen molar-refractivity contribution in [3.8, 4) is 0 Å². The predicted molar refractivity (Wildman–Crippen MR) is 118 cm³/mol. The number of H-pyrrole nitrogens is 1. The molecule has 0 spiro atoms. The van der Waals surface area contributed by atoms with E-state index < -0.39 is 14.8 Å². The van der Waals surface area contributed by atoms with Crippen LogP contribution in [0.4, 0.5) is 11.4 Å². The van der Waals surface area contributed by atoms with Crippen LogP contribution >= 0.6 is 0 Å². The minimum absolute atomic E-state index is 0.226. The number of aromatic amines is 1. The lowest BCUT2D eigenvalue weighted by molar-refractivity contribution is -0.387. The van der Waals surface area contributed by atoms with E-state index in [-0.39, 0.29) is 10.6 Å². The lowest BCUT2D eigenvalue weighted by atomic mass is 9.88. The summed E-state index contributed by atoms with van der Waals surface area (Å²) in [6, 6.07) is 10.9. The molecule has 1 N–H and O–H groups in total. The number of sulfone groups is 1. The van der Waals surface area contributed by atoms with Gasteiger partial charge in [-0.1, -0.05) is 31.2 Å². The Labute approximate surface area is 175 Å².